The van der Waals surface area contributed by atoms with Gasteiger partial charge < -0.3 is 15.0 Å². The number of nitro benzene ring substituents is 1. The lowest BCUT2D eigenvalue weighted by molar-refractivity contribution is -0.385. The van der Waals surface area contributed by atoms with Gasteiger partial charge in [0.2, 0.25) is 0 Å². The fraction of sp³-hybridized carbons (Fsp3) is 0.455. The molecule has 18 heavy (non-hydrogen) atoms. The first-order valence-electron chi connectivity index (χ1n) is 5.61. The average Bonchev–Trinajstić information content (AvgIpc) is 2.39. The first-order valence-corrected chi connectivity index (χ1v) is 6.40. The summed E-state index contributed by atoms with van der Waals surface area (Å²) in [4.78, 5) is 12.6. The largest absolute Gasteiger partial charge is 0.490 e. The number of benzene rings is 1. The number of halogens is 1. The molecule has 1 aromatic carbocycles. The van der Waals surface area contributed by atoms with Gasteiger partial charge in [0.05, 0.1) is 17.7 Å². The molecule has 1 fully saturated rings. The minimum atomic E-state index is -0.439. The highest BCUT2D eigenvalue weighted by atomic mass is 79.9. The maximum atomic E-state index is 10.9. The molecule has 7 heteroatoms. The molecule has 0 spiro atoms. The van der Waals surface area contributed by atoms with Crippen LogP contribution in [0.3, 0.4) is 0 Å². The number of nitrogens with zero attached hydrogens (tertiary/aromatic N) is 2. The zero-order valence-corrected chi connectivity index (χ0v) is 11.6. The van der Waals surface area contributed by atoms with Crippen molar-refractivity contribution in [2.45, 2.75) is 0 Å². The Morgan fingerprint density at radius 1 is 1.44 bits per heavy atom. The lowest BCUT2D eigenvalue weighted by atomic mass is 10.2. The number of anilines is 1. The quantitative estimate of drug-likeness (QED) is 0.680. The molecule has 0 saturated carbocycles. The Kier molecular flexibility index (Phi) is 4.03. The zero-order valence-electron chi connectivity index (χ0n) is 9.98. The van der Waals surface area contributed by atoms with Crippen molar-refractivity contribution in [2.24, 2.45) is 0 Å². The Hall–Kier alpha value is -1.34. The van der Waals surface area contributed by atoms with E-state index < -0.39 is 4.92 Å². The Labute approximate surface area is 113 Å². The Bertz CT molecular complexity index is 461. The average molecular weight is 316 g/mol. The van der Waals surface area contributed by atoms with Crippen molar-refractivity contribution < 1.29 is 9.66 Å². The van der Waals surface area contributed by atoms with E-state index >= 15 is 0 Å². The van der Waals surface area contributed by atoms with Crippen molar-refractivity contribution in [3.63, 3.8) is 0 Å². The number of hydrogen-bond donors (Lipinski definition) is 1. The smallest absolute Gasteiger partial charge is 0.312 e. The molecule has 0 atom stereocenters. The lowest BCUT2D eigenvalue weighted by Crippen LogP contribution is -2.43. The van der Waals surface area contributed by atoms with Crippen molar-refractivity contribution in [3.8, 4) is 5.75 Å². The normalized spacial score (nSPS) is 15.6. The summed E-state index contributed by atoms with van der Waals surface area (Å²) in [6.45, 7) is 3.57. The van der Waals surface area contributed by atoms with Crippen molar-refractivity contribution in [1.82, 2.24) is 5.32 Å². The molecule has 0 amide bonds. The molecular weight excluding hydrogens is 302 g/mol. The number of methoxy groups -OCH3 is 1. The maximum Gasteiger partial charge on any atom is 0.312 e. The topological polar surface area (TPSA) is 67.6 Å². The van der Waals surface area contributed by atoms with E-state index in [0.29, 0.717) is 0 Å². The zero-order chi connectivity index (χ0) is 13.1. The fourth-order valence-electron chi connectivity index (χ4n) is 1.99. The number of ether oxygens (including phenoxy) is 1. The molecule has 1 N–H and O–H groups in total. The van der Waals surface area contributed by atoms with E-state index in [1.54, 1.807) is 6.07 Å². The molecular formula is C11H14BrN3O3. The van der Waals surface area contributed by atoms with E-state index in [1.165, 1.54) is 13.2 Å². The van der Waals surface area contributed by atoms with E-state index in [9.17, 15) is 10.1 Å². The van der Waals surface area contributed by atoms with E-state index in [4.69, 9.17) is 4.74 Å². The molecule has 0 radical (unpaired) electrons. The molecule has 0 bridgehead atoms. The second-order valence-electron chi connectivity index (χ2n) is 3.97. The van der Waals surface area contributed by atoms with Crippen LogP contribution >= 0.6 is 15.9 Å². The van der Waals surface area contributed by atoms with Crippen LogP contribution in [0.25, 0.3) is 0 Å². The van der Waals surface area contributed by atoms with Crippen LogP contribution in [0.5, 0.6) is 5.75 Å². The molecule has 1 aromatic rings. The predicted molar refractivity (Wildman–Crippen MR) is 72.4 cm³/mol. The summed E-state index contributed by atoms with van der Waals surface area (Å²) in [5.41, 5.74) is 0.905. The number of nitro groups is 1. The molecule has 0 unspecified atom stereocenters. The second-order valence-corrected chi connectivity index (χ2v) is 4.82. The van der Waals surface area contributed by atoms with Crippen LogP contribution in [0.15, 0.2) is 16.6 Å². The monoisotopic (exact) mass is 315 g/mol. The molecule has 1 saturated heterocycles. The van der Waals surface area contributed by atoms with Crippen LogP contribution in [0, 0.1) is 10.1 Å². The molecule has 6 nitrogen and oxygen atoms in total. The SMILES string of the molecule is COc1cc(N2CCNCC2)c(Br)cc1[N+](=O)[O-]. The summed E-state index contributed by atoms with van der Waals surface area (Å²) in [5.74, 6) is 0.289. The molecule has 2 rings (SSSR count). The van der Waals surface area contributed by atoms with E-state index in [2.05, 4.69) is 26.1 Å². The van der Waals surface area contributed by atoms with E-state index in [-0.39, 0.29) is 11.4 Å². The highest BCUT2D eigenvalue weighted by Crippen LogP contribution is 2.37. The Morgan fingerprint density at radius 3 is 2.67 bits per heavy atom. The Balaban J connectivity index is 2.39. The van der Waals surface area contributed by atoms with Crippen LogP contribution in [-0.2, 0) is 0 Å². The number of piperazine rings is 1. The van der Waals surface area contributed by atoms with Crippen LogP contribution in [0.2, 0.25) is 0 Å². The van der Waals surface area contributed by atoms with Gasteiger partial charge in [-0.2, -0.15) is 0 Å². The standard InChI is InChI=1S/C11H14BrN3O3/c1-18-11-7-9(14-4-2-13-3-5-14)8(12)6-10(11)15(16)17/h6-7,13H,2-5H2,1H3. The highest BCUT2D eigenvalue weighted by molar-refractivity contribution is 9.10. The van der Waals surface area contributed by atoms with Crippen molar-refractivity contribution in [2.75, 3.05) is 38.2 Å². The van der Waals surface area contributed by atoms with Gasteiger partial charge in [-0.1, -0.05) is 0 Å². The van der Waals surface area contributed by atoms with Gasteiger partial charge in [0, 0.05) is 42.8 Å². The molecule has 1 aliphatic heterocycles. The fourth-order valence-corrected chi connectivity index (χ4v) is 2.57. The van der Waals surface area contributed by atoms with Gasteiger partial charge >= 0.3 is 5.69 Å². The number of rotatable bonds is 3. The van der Waals surface area contributed by atoms with Gasteiger partial charge in [0.1, 0.15) is 0 Å². The van der Waals surface area contributed by atoms with Crippen LogP contribution in [0.1, 0.15) is 0 Å². The summed E-state index contributed by atoms with van der Waals surface area (Å²) in [6, 6.07) is 3.21. The minimum Gasteiger partial charge on any atom is -0.490 e. The minimum absolute atomic E-state index is 0.0248. The maximum absolute atomic E-state index is 10.9. The third kappa shape index (κ3) is 2.56. The van der Waals surface area contributed by atoms with Gasteiger partial charge in [-0.3, -0.25) is 10.1 Å². The first kappa shape index (κ1) is 13.1. The van der Waals surface area contributed by atoms with Gasteiger partial charge in [-0.25, -0.2) is 0 Å². The summed E-state index contributed by atoms with van der Waals surface area (Å²) in [5, 5.41) is 14.2. The first-order chi connectivity index (χ1) is 8.63. The van der Waals surface area contributed by atoms with Gasteiger partial charge in [-0.15, -0.1) is 0 Å². The number of hydrogen-bond acceptors (Lipinski definition) is 5. The van der Waals surface area contributed by atoms with Crippen molar-refractivity contribution in [1.29, 1.82) is 0 Å². The van der Waals surface area contributed by atoms with Crippen molar-refractivity contribution >= 4 is 27.3 Å². The molecule has 0 aromatic heterocycles. The van der Waals surface area contributed by atoms with Crippen molar-refractivity contribution in [3.05, 3.63) is 26.7 Å². The third-order valence-electron chi connectivity index (χ3n) is 2.90. The summed E-state index contributed by atoms with van der Waals surface area (Å²) >= 11 is 3.39. The molecule has 98 valence electrons. The van der Waals surface area contributed by atoms with E-state index in [1.807, 2.05) is 0 Å². The number of nitrogens with one attached hydrogen (secondary N) is 1. The van der Waals surface area contributed by atoms with Gasteiger partial charge in [0.15, 0.2) is 5.75 Å². The van der Waals surface area contributed by atoms with Crippen LogP contribution in [-0.4, -0.2) is 38.2 Å². The molecule has 1 heterocycles. The Morgan fingerprint density at radius 2 is 2.11 bits per heavy atom. The second kappa shape index (κ2) is 5.53. The van der Waals surface area contributed by atoms with Gasteiger partial charge in [0.25, 0.3) is 0 Å². The van der Waals surface area contributed by atoms with E-state index in [0.717, 1.165) is 36.3 Å². The highest BCUT2D eigenvalue weighted by Gasteiger charge is 2.21. The summed E-state index contributed by atoms with van der Waals surface area (Å²) in [6.07, 6.45) is 0. The van der Waals surface area contributed by atoms with Crippen LogP contribution < -0.4 is 15.0 Å². The third-order valence-corrected chi connectivity index (χ3v) is 3.54. The lowest BCUT2D eigenvalue weighted by Gasteiger charge is -2.30. The predicted octanol–water partition coefficient (Wildman–Crippen LogP) is 1.78. The summed E-state index contributed by atoms with van der Waals surface area (Å²) in [7, 11) is 1.44. The van der Waals surface area contributed by atoms with Crippen LogP contribution in [0.4, 0.5) is 11.4 Å². The van der Waals surface area contributed by atoms with Gasteiger partial charge in [-0.05, 0) is 15.9 Å². The summed E-state index contributed by atoms with van der Waals surface area (Å²) < 4.78 is 5.81. The molecule has 1 aliphatic rings. The molecule has 0 aliphatic carbocycles.